The SMILES string of the molecule is O=C(Nc1cccc2c(=O)cc(C=NO)oc12)c1ccc(OCCCCc2ccccc2)cc1. The molecule has 34 heavy (non-hydrogen) atoms. The van der Waals surface area contributed by atoms with Crippen molar-refractivity contribution in [2.45, 2.75) is 19.3 Å². The van der Waals surface area contributed by atoms with Gasteiger partial charge < -0.3 is 19.7 Å². The molecule has 1 aromatic heterocycles. The number of carbonyl (C=O) groups excluding carboxylic acids is 1. The first-order valence-corrected chi connectivity index (χ1v) is 11.0. The van der Waals surface area contributed by atoms with Crippen LogP contribution in [0.15, 0.2) is 93.2 Å². The number of oxime groups is 1. The molecule has 4 aromatic rings. The molecular weight excluding hydrogens is 432 g/mol. The number of carbonyl (C=O) groups is 1. The van der Waals surface area contributed by atoms with Gasteiger partial charge in [-0.3, -0.25) is 9.59 Å². The third-order valence-corrected chi connectivity index (χ3v) is 5.29. The highest BCUT2D eigenvalue weighted by Gasteiger charge is 2.12. The Morgan fingerprint density at radius 3 is 2.56 bits per heavy atom. The number of anilines is 1. The van der Waals surface area contributed by atoms with Crippen LogP contribution in [-0.4, -0.2) is 23.9 Å². The zero-order chi connectivity index (χ0) is 23.8. The number of aryl methyl sites for hydroxylation is 1. The number of unbranched alkanes of at least 4 members (excludes halogenated alkanes) is 1. The zero-order valence-corrected chi connectivity index (χ0v) is 18.4. The van der Waals surface area contributed by atoms with E-state index in [-0.39, 0.29) is 22.7 Å². The summed E-state index contributed by atoms with van der Waals surface area (Å²) in [7, 11) is 0. The minimum Gasteiger partial charge on any atom is -0.494 e. The van der Waals surface area contributed by atoms with Crippen LogP contribution in [-0.2, 0) is 6.42 Å². The van der Waals surface area contributed by atoms with Gasteiger partial charge >= 0.3 is 0 Å². The van der Waals surface area contributed by atoms with E-state index in [2.05, 4.69) is 22.6 Å². The monoisotopic (exact) mass is 456 g/mol. The summed E-state index contributed by atoms with van der Waals surface area (Å²) < 4.78 is 11.4. The Morgan fingerprint density at radius 2 is 1.79 bits per heavy atom. The second kappa shape index (κ2) is 11.0. The van der Waals surface area contributed by atoms with Crippen molar-refractivity contribution < 1.29 is 19.2 Å². The summed E-state index contributed by atoms with van der Waals surface area (Å²) in [6, 6.07) is 23.3. The van der Waals surface area contributed by atoms with Crippen molar-refractivity contribution in [1.29, 1.82) is 0 Å². The fraction of sp³-hybridized carbons (Fsp3) is 0.148. The second-order valence-electron chi connectivity index (χ2n) is 7.71. The van der Waals surface area contributed by atoms with Crippen molar-refractivity contribution in [1.82, 2.24) is 0 Å². The summed E-state index contributed by atoms with van der Waals surface area (Å²) in [4.78, 5) is 25.0. The van der Waals surface area contributed by atoms with Gasteiger partial charge in [0.25, 0.3) is 5.91 Å². The van der Waals surface area contributed by atoms with E-state index < -0.39 is 0 Å². The maximum Gasteiger partial charge on any atom is 0.255 e. The average molecular weight is 456 g/mol. The molecule has 0 aliphatic rings. The van der Waals surface area contributed by atoms with E-state index in [1.807, 2.05) is 18.2 Å². The maximum atomic E-state index is 12.8. The van der Waals surface area contributed by atoms with Crippen LogP contribution in [0.1, 0.15) is 34.5 Å². The number of para-hydroxylation sites is 1. The number of nitrogens with zero attached hydrogens (tertiary/aromatic N) is 1. The average Bonchev–Trinajstić information content (AvgIpc) is 2.85. The second-order valence-corrected chi connectivity index (χ2v) is 7.71. The molecule has 0 bridgehead atoms. The molecule has 0 fully saturated rings. The summed E-state index contributed by atoms with van der Waals surface area (Å²) in [5, 5.41) is 14.7. The number of amides is 1. The quantitative estimate of drug-likeness (QED) is 0.155. The first-order chi connectivity index (χ1) is 16.6. The summed E-state index contributed by atoms with van der Waals surface area (Å²) in [5.41, 5.74) is 1.99. The van der Waals surface area contributed by atoms with Crippen LogP contribution in [0, 0.1) is 0 Å². The van der Waals surface area contributed by atoms with Crippen LogP contribution in [0.4, 0.5) is 5.69 Å². The molecule has 1 heterocycles. The van der Waals surface area contributed by atoms with Crippen LogP contribution in [0.5, 0.6) is 5.75 Å². The van der Waals surface area contributed by atoms with Crippen molar-refractivity contribution in [3.8, 4) is 5.75 Å². The lowest BCUT2D eigenvalue weighted by Gasteiger charge is -2.10. The number of rotatable bonds is 9. The minimum absolute atomic E-state index is 0.0759. The lowest BCUT2D eigenvalue weighted by molar-refractivity contribution is 0.102. The first kappa shape index (κ1) is 22.8. The van der Waals surface area contributed by atoms with Crippen molar-refractivity contribution in [2.75, 3.05) is 11.9 Å². The fourth-order valence-electron chi connectivity index (χ4n) is 3.58. The normalized spacial score (nSPS) is 11.1. The lowest BCUT2D eigenvalue weighted by Crippen LogP contribution is -2.13. The Kier molecular flexibility index (Phi) is 7.35. The van der Waals surface area contributed by atoms with Crippen LogP contribution in [0.25, 0.3) is 11.0 Å². The molecule has 172 valence electrons. The molecule has 0 aliphatic carbocycles. The van der Waals surface area contributed by atoms with Gasteiger partial charge in [-0.15, -0.1) is 0 Å². The Balaban J connectivity index is 1.36. The van der Waals surface area contributed by atoms with E-state index in [1.165, 1.54) is 11.6 Å². The fourth-order valence-corrected chi connectivity index (χ4v) is 3.58. The third-order valence-electron chi connectivity index (χ3n) is 5.29. The maximum absolute atomic E-state index is 12.8. The Labute approximate surface area is 196 Å². The molecule has 4 rings (SSSR count). The van der Waals surface area contributed by atoms with Crippen molar-refractivity contribution in [3.63, 3.8) is 0 Å². The van der Waals surface area contributed by atoms with Crippen molar-refractivity contribution in [3.05, 3.63) is 106 Å². The van der Waals surface area contributed by atoms with E-state index in [0.717, 1.165) is 25.5 Å². The Bertz CT molecular complexity index is 1350. The van der Waals surface area contributed by atoms with Gasteiger partial charge in [-0.1, -0.05) is 41.6 Å². The van der Waals surface area contributed by atoms with Gasteiger partial charge in [0.2, 0.25) is 0 Å². The zero-order valence-electron chi connectivity index (χ0n) is 18.4. The van der Waals surface area contributed by atoms with E-state index in [1.54, 1.807) is 42.5 Å². The number of ether oxygens (including phenoxy) is 1. The smallest absolute Gasteiger partial charge is 0.255 e. The Morgan fingerprint density at radius 1 is 1.00 bits per heavy atom. The standard InChI is InChI=1S/C27H24N2O5/c30-25-17-22(18-28-32)34-26-23(25)10-6-11-24(26)29-27(31)20-12-14-21(15-13-20)33-16-5-4-9-19-7-2-1-3-8-19/h1-3,6-8,10-15,17-18,32H,4-5,9,16H2,(H,29,31). The molecule has 0 unspecified atom stereocenters. The molecule has 0 atom stereocenters. The van der Waals surface area contributed by atoms with Gasteiger partial charge in [0, 0.05) is 11.6 Å². The molecule has 7 nitrogen and oxygen atoms in total. The van der Waals surface area contributed by atoms with Gasteiger partial charge in [-0.2, -0.15) is 0 Å². The number of hydrogen-bond donors (Lipinski definition) is 2. The topological polar surface area (TPSA) is 101 Å². The highest BCUT2D eigenvalue weighted by molar-refractivity contribution is 6.08. The van der Waals surface area contributed by atoms with E-state index in [0.29, 0.717) is 29.0 Å². The largest absolute Gasteiger partial charge is 0.494 e. The molecule has 2 N–H and O–H groups in total. The van der Waals surface area contributed by atoms with Gasteiger partial charge in [-0.05, 0) is 61.2 Å². The summed E-state index contributed by atoms with van der Waals surface area (Å²) in [6.45, 7) is 0.604. The minimum atomic E-state index is -0.356. The molecule has 0 saturated carbocycles. The molecule has 0 radical (unpaired) electrons. The van der Waals surface area contributed by atoms with Gasteiger partial charge in [-0.25, -0.2) is 0 Å². The molecule has 0 spiro atoms. The number of fused-ring (bicyclic) bond motifs is 1. The predicted molar refractivity (Wildman–Crippen MR) is 131 cm³/mol. The molecule has 7 heteroatoms. The summed E-state index contributed by atoms with van der Waals surface area (Å²) in [5.74, 6) is 0.415. The van der Waals surface area contributed by atoms with E-state index in [9.17, 15) is 9.59 Å². The molecule has 0 saturated heterocycles. The van der Waals surface area contributed by atoms with Crippen LogP contribution >= 0.6 is 0 Å². The highest BCUT2D eigenvalue weighted by atomic mass is 16.5. The molecule has 3 aromatic carbocycles. The lowest BCUT2D eigenvalue weighted by atomic mass is 10.1. The summed E-state index contributed by atoms with van der Waals surface area (Å²) in [6.07, 6.45) is 4.01. The highest BCUT2D eigenvalue weighted by Crippen LogP contribution is 2.23. The van der Waals surface area contributed by atoms with Crippen LogP contribution < -0.4 is 15.5 Å². The number of nitrogens with one attached hydrogen (secondary N) is 1. The van der Waals surface area contributed by atoms with Gasteiger partial charge in [0.1, 0.15) is 12.0 Å². The van der Waals surface area contributed by atoms with Crippen LogP contribution in [0.3, 0.4) is 0 Å². The molecular formula is C27H24N2O5. The first-order valence-electron chi connectivity index (χ1n) is 11.0. The van der Waals surface area contributed by atoms with E-state index in [4.69, 9.17) is 14.4 Å². The van der Waals surface area contributed by atoms with Gasteiger partial charge in [0.05, 0.1) is 17.7 Å². The number of benzene rings is 3. The third kappa shape index (κ3) is 5.69. The van der Waals surface area contributed by atoms with Gasteiger partial charge in [0.15, 0.2) is 16.8 Å². The predicted octanol–water partition coefficient (Wildman–Crippen LogP) is 5.26. The van der Waals surface area contributed by atoms with Crippen molar-refractivity contribution in [2.24, 2.45) is 5.16 Å². The van der Waals surface area contributed by atoms with Crippen LogP contribution in [0.2, 0.25) is 0 Å². The summed E-state index contributed by atoms with van der Waals surface area (Å²) >= 11 is 0. The van der Waals surface area contributed by atoms with E-state index >= 15 is 0 Å². The Hall–Kier alpha value is -4.39. The number of hydrogen-bond acceptors (Lipinski definition) is 6. The molecule has 0 aliphatic heterocycles. The molecule has 1 amide bonds. The van der Waals surface area contributed by atoms with Crippen molar-refractivity contribution >= 4 is 28.8 Å².